The monoisotopic (exact) mass is 276 g/mol. The predicted molar refractivity (Wildman–Crippen MR) is 84.5 cm³/mol. The first kappa shape index (κ1) is 16.7. The van der Waals surface area contributed by atoms with Gasteiger partial charge in [0.05, 0.1) is 0 Å². The minimum Gasteiger partial charge on any atom is -0.481 e. The summed E-state index contributed by atoms with van der Waals surface area (Å²) in [7, 11) is 0. The van der Waals surface area contributed by atoms with Crippen molar-refractivity contribution in [3.63, 3.8) is 0 Å². The molecule has 20 heavy (non-hydrogen) atoms. The van der Waals surface area contributed by atoms with Crippen LogP contribution in [0.3, 0.4) is 0 Å². The van der Waals surface area contributed by atoms with E-state index in [1.54, 1.807) is 0 Å². The van der Waals surface area contributed by atoms with E-state index in [2.05, 4.69) is 60.6 Å². The lowest BCUT2D eigenvalue weighted by atomic mass is 9.75. The summed E-state index contributed by atoms with van der Waals surface area (Å²) in [6, 6.07) is 4.38. The van der Waals surface area contributed by atoms with Gasteiger partial charge in [-0.05, 0) is 46.4 Å². The van der Waals surface area contributed by atoms with Crippen LogP contribution in [-0.4, -0.2) is 11.1 Å². The Hall–Kier alpha value is -1.31. The lowest BCUT2D eigenvalue weighted by molar-refractivity contribution is -0.136. The first-order valence-electron chi connectivity index (χ1n) is 7.29. The van der Waals surface area contributed by atoms with Crippen LogP contribution < -0.4 is 0 Å². The highest BCUT2D eigenvalue weighted by Crippen LogP contribution is 2.34. The maximum absolute atomic E-state index is 10.8. The van der Waals surface area contributed by atoms with Crippen LogP contribution in [0.2, 0.25) is 0 Å². The van der Waals surface area contributed by atoms with Crippen LogP contribution >= 0.6 is 0 Å². The Bertz CT molecular complexity index is 464. The summed E-state index contributed by atoms with van der Waals surface area (Å²) < 4.78 is 0. The molecule has 0 saturated heterocycles. The van der Waals surface area contributed by atoms with E-state index in [-0.39, 0.29) is 17.3 Å². The summed E-state index contributed by atoms with van der Waals surface area (Å²) in [5.74, 6) is -0.736. The number of aryl methyl sites for hydroxylation is 1. The molecule has 0 heterocycles. The summed E-state index contributed by atoms with van der Waals surface area (Å²) in [5.41, 5.74) is 5.26. The van der Waals surface area contributed by atoms with Crippen molar-refractivity contribution in [1.82, 2.24) is 0 Å². The van der Waals surface area contributed by atoms with Gasteiger partial charge < -0.3 is 5.11 Å². The lowest BCUT2D eigenvalue weighted by Gasteiger charge is -2.29. The summed E-state index contributed by atoms with van der Waals surface area (Å²) >= 11 is 0. The molecule has 0 saturated carbocycles. The second-order valence-corrected chi connectivity index (χ2v) is 7.71. The molecule has 2 heteroatoms. The zero-order chi connectivity index (χ0) is 15.7. The number of aliphatic carboxylic acids is 1. The predicted octanol–water partition coefficient (Wildman–Crippen LogP) is 4.61. The number of benzene rings is 1. The van der Waals surface area contributed by atoms with Gasteiger partial charge in [0.25, 0.3) is 0 Å². The molecule has 112 valence electrons. The van der Waals surface area contributed by atoms with Crippen molar-refractivity contribution >= 4 is 5.97 Å². The molecule has 0 atom stereocenters. The van der Waals surface area contributed by atoms with Gasteiger partial charge in [0.15, 0.2) is 0 Å². The van der Waals surface area contributed by atoms with E-state index in [0.29, 0.717) is 6.42 Å². The third kappa shape index (κ3) is 4.09. The number of hydrogen-bond donors (Lipinski definition) is 1. The van der Waals surface area contributed by atoms with Gasteiger partial charge in [-0.3, -0.25) is 4.79 Å². The van der Waals surface area contributed by atoms with Crippen molar-refractivity contribution in [2.75, 3.05) is 0 Å². The van der Waals surface area contributed by atoms with E-state index >= 15 is 0 Å². The fraction of sp³-hybridized carbons (Fsp3) is 0.611. The number of carboxylic acid groups (broad SMARTS) is 1. The number of carboxylic acids is 1. The Kier molecular flexibility index (Phi) is 4.68. The third-order valence-electron chi connectivity index (χ3n) is 3.71. The molecule has 0 aliphatic rings. The van der Waals surface area contributed by atoms with Gasteiger partial charge in [-0.2, -0.15) is 0 Å². The van der Waals surface area contributed by atoms with E-state index in [1.807, 2.05) is 0 Å². The molecule has 1 aromatic rings. The molecule has 0 spiro atoms. The second kappa shape index (κ2) is 5.59. The van der Waals surface area contributed by atoms with E-state index in [4.69, 9.17) is 5.11 Å². The molecule has 0 aromatic heterocycles. The highest BCUT2D eigenvalue weighted by Gasteiger charge is 2.24. The Balaban J connectivity index is 3.38. The molecule has 1 rings (SSSR count). The standard InChI is InChI=1S/C18H28O2/c1-12-14(17(2,3)4)10-13(8-9-16(19)20)11-15(12)18(5,6)7/h10-11H,8-9H2,1-7H3,(H,19,20). The normalized spacial score (nSPS) is 12.6. The van der Waals surface area contributed by atoms with Crippen LogP contribution in [0.1, 0.15) is 70.2 Å². The van der Waals surface area contributed by atoms with Crippen LogP contribution in [0.4, 0.5) is 0 Å². The smallest absolute Gasteiger partial charge is 0.303 e. The van der Waals surface area contributed by atoms with Gasteiger partial charge >= 0.3 is 5.97 Å². The Morgan fingerprint density at radius 2 is 1.40 bits per heavy atom. The van der Waals surface area contributed by atoms with Crippen LogP contribution in [0.25, 0.3) is 0 Å². The highest BCUT2D eigenvalue weighted by molar-refractivity contribution is 5.67. The zero-order valence-electron chi connectivity index (χ0n) is 13.9. The Labute approximate surface area is 123 Å². The van der Waals surface area contributed by atoms with Gasteiger partial charge in [-0.15, -0.1) is 0 Å². The maximum atomic E-state index is 10.8. The molecule has 0 unspecified atom stereocenters. The molecule has 0 aliphatic carbocycles. The minimum absolute atomic E-state index is 0.0727. The number of rotatable bonds is 3. The maximum Gasteiger partial charge on any atom is 0.303 e. The summed E-state index contributed by atoms with van der Waals surface area (Å²) in [4.78, 5) is 10.8. The molecule has 0 radical (unpaired) electrons. The average Bonchev–Trinajstić information content (AvgIpc) is 2.24. The van der Waals surface area contributed by atoms with E-state index in [1.165, 1.54) is 16.7 Å². The first-order chi connectivity index (χ1) is 8.93. The zero-order valence-corrected chi connectivity index (χ0v) is 13.9. The number of hydrogen-bond acceptors (Lipinski definition) is 1. The lowest BCUT2D eigenvalue weighted by Crippen LogP contribution is -2.20. The quantitative estimate of drug-likeness (QED) is 0.875. The van der Waals surface area contributed by atoms with Gasteiger partial charge in [-0.25, -0.2) is 0 Å². The second-order valence-electron chi connectivity index (χ2n) is 7.71. The van der Waals surface area contributed by atoms with Crippen molar-refractivity contribution in [2.24, 2.45) is 0 Å². The van der Waals surface area contributed by atoms with Crippen molar-refractivity contribution in [3.05, 3.63) is 34.4 Å². The SMILES string of the molecule is Cc1c(C(C)(C)C)cc(CCC(=O)O)cc1C(C)(C)C. The van der Waals surface area contributed by atoms with Gasteiger partial charge in [-0.1, -0.05) is 53.7 Å². The van der Waals surface area contributed by atoms with E-state index in [0.717, 1.165) is 5.56 Å². The molecule has 0 fully saturated rings. The van der Waals surface area contributed by atoms with Crippen LogP contribution in [0, 0.1) is 6.92 Å². The average molecular weight is 276 g/mol. The molecule has 0 bridgehead atoms. The Morgan fingerprint density at radius 1 is 1.00 bits per heavy atom. The van der Waals surface area contributed by atoms with Crippen LogP contribution in [0.5, 0.6) is 0 Å². The summed E-state index contributed by atoms with van der Waals surface area (Å²) in [6.07, 6.45) is 0.790. The molecule has 0 amide bonds. The first-order valence-corrected chi connectivity index (χ1v) is 7.29. The largest absolute Gasteiger partial charge is 0.481 e. The molecule has 1 N–H and O–H groups in total. The fourth-order valence-corrected chi connectivity index (χ4v) is 2.73. The van der Waals surface area contributed by atoms with Gasteiger partial charge in [0.1, 0.15) is 0 Å². The molecular formula is C18H28O2. The van der Waals surface area contributed by atoms with E-state index < -0.39 is 5.97 Å². The van der Waals surface area contributed by atoms with Crippen molar-refractivity contribution < 1.29 is 9.90 Å². The molecular weight excluding hydrogens is 248 g/mol. The fourth-order valence-electron chi connectivity index (χ4n) is 2.73. The molecule has 0 aliphatic heterocycles. The van der Waals surface area contributed by atoms with Gasteiger partial charge in [0.2, 0.25) is 0 Å². The van der Waals surface area contributed by atoms with Crippen molar-refractivity contribution in [2.45, 2.75) is 72.1 Å². The topological polar surface area (TPSA) is 37.3 Å². The Morgan fingerprint density at radius 3 is 1.70 bits per heavy atom. The summed E-state index contributed by atoms with van der Waals surface area (Å²) in [6.45, 7) is 15.4. The highest BCUT2D eigenvalue weighted by atomic mass is 16.4. The summed E-state index contributed by atoms with van der Waals surface area (Å²) in [5, 5.41) is 8.89. The molecule has 1 aromatic carbocycles. The van der Waals surface area contributed by atoms with E-state index in [9.17, 15) is 4.79 Å². The number of carbonyl (C=O) groups is 1. The third-order valence-corrected chi connectivity index (χ3v) is 3.71. The van der Waals surface area contributed by atoms with Crippen molar-refractivity contribution in [3.8, 4) is 0 Å². The van der Waals surface area contributed by atoms with Crippen molar-refractivity contribution in [1.29, 1.82) is 0 Å². The van der Waals surface area contributed by atoms with Crippen LogP contribution in [0.15, 0.2) is 12.1 Å². The van der Waals surface area contributed by atoms with Gasteiger partial charge in [0, 0.05) is 6.42 Å². The van der Waals surface area contributed by atoms with Crippen LogP contribution in [-0.2, 0) is 22.0 Å². The minimum atomic E-state index is -0.736. The molecule has 2 nitrogen and oxygen atoms in total.